The van der Waals surface area contributed by atoms with Crippen LogP contribution >= 0.6 is 12.2 Å². The average molecular weight is 1790 g/mol. The molecule has 1 fully saturated rings. The van der Waals surface area contributed by atoms with Gasteiger partial charge >= 0.3 is 35.8 Å². The minimum atomic E-state index is -2.05. The second-order valence-electron chi connectivity index (χ2n) is 30.5. The van der Waals surface area contributed by atoms with E-state index in [0.29, 0.717) is 16.5 Å². The summed E-state index contributed by atoms with van der Waals surface area (Å²) < 4.78 is 16.8. The third-order valence-corrected chi connectivity index (χ3v) is 20.0. The summed E-state index contributed by atoms with van der Waals surface area (Å²) in [5.74, 6) is -27.0. The molecule has 688 valence electrons. The molecule has 2 aromatic rings. The molecule has 2 aromatic carbocycles. The van der Waals surface area contributed by atoms with Crippen LogP contribution in [-0.4, -0.2) is 259 Å². The Hall–Kier alpha value is -13.5. The van der Waals surface area contributed by atoms with E-state index in [2.05, 4.69) is 74.4 Å². The number of nitrogens with two attached hydrogens (primary N) is 1. The summed E-state index contributed by atoms with van der Waals surface area (Å²) in [7, 11) is 0. The predicted molar refractivity (Wildman–Crippen MR) is 445 cm³/mol. The van der Waals surface area contributed by atoms with Crippen molar-refractivity contribution in [2.75, 3.05) is 44.8 Å². The summed E-state index contributed by atoms with van der Waals surface area (Å²) in [4.78, 5) is 266. The molecule has 23 N–H and O–H groups in total. The number of phenolic OH excluding ortho intramolecular Hbond substituents is 1. The fraction of sp³-hybridized carbons (Fsp3) is 0.512. The Morgan fingerprint density at radius 2 is 1.08 bits per heavy atom. The molecule has 0 spiro atoms. The molecule has 0 radical (unpaired) electrons. The highest BCUT2D eigenvalue weighted by atomic mass is 32.1. The van der Waals surface area contributed by atoms with Gasteiger partial charge in [-0.1, -0.05) is 67.9 Å². The SMILES string of the molecule is CC[C@H](C)[C@H](NC(=O)[C@H](CCC(=O)O)NC(=O)[C@H](CCC(=O)O)NC(=O)[C@H](CCC(=O)O)NC(=O)[C@H](CC(=O)O)NC(=O)COCCOCCNC(=S)Nc1ccc(-c2c3ccc(=O)cc-3oc3cc(O)ccc23)c(C(=O)O)c1)C(=O)N[C@H]1CC(=O)NCC[C@@H](C(=O)N[C@H](C(=O)N[C@@H](CCC(=O)O)C(N)=O)C(C)C)NC(=O)[C@H](C(C)C)NC(=O)[C@H](C(C)C)NC1=O. The first kappa shape index (κ1) is 103. The van der Waals surface area contributed by atoms with Gasteiger partial charge in [0.2, 0.25) is 76.8 Å². The maximum Gasteiger partial charge on any atom is 0.336 e. The van der Waals surface area contributed by atoms with Gasteiger partial charge in [0, 0.05) is 73.1 Å². The molecule has 126 heavy (non-hydrogen) atoms. The number of rotatable bonds is 46. The number of carboxylic acid groups (broad SMARTS) is 6. The molecule has 45 nitrogen and oxygen atoms in total. The first-order valence-corrected chi connectivity index (χ1v) is 40.5. The number of carbonyl (C=O) groups is 19. The zero-order valence-electron chi connectivity index (χ0n) is 70.1. The summed E-state index contributed by atoms with van der Waals surface area (Å²) in [5.41, 5.74) is 6.46. The topological polar surface area (TPSA) is 709 Å². The molecule has 2 heterocycles. The van der Waals surface area contributed by atoms with E-state index in [1.54, 1.807) is 19.1 Å². The molecule has 46 heteroatoms. The number of carbonyl (C=O) groups excluding carboxylic acids is 13. The van der Waals surface area contributed by atoms with Crippen LogP contribution in [0.25, 0.3) is 33.4 Å². The molecular weight excluding hydrogens is 1680 g/mol. The number of carboxylic acids is 6. The van der Waals surface area contributed by atoms with Gasteiger partial charge in [-0.3, -0.25) is 91.1 Å². The van der Waals surface area contributed by atoms with Crippen molar-refractivity contribution in [3.63, 3.8) is 0 Å². The number of hydrogen-bond donors (Lipinski definition) is 22. The highest BCUT2D eigenvalue weighted by molar-refractivity contribution is 7.80. The molecular formula is C80H107N15O30S. The highest BCUT2D eigenvalue weighted by Crippen LogP contribution is 2.42. The molecule has 3 aliphatic rings. The van der Waals surface area contributed by atoms with E-state index in [9.17, 15) is 132 Å². The number of amides is 13. The van der Waals surface area contributed by atoms with E-state index < -0.39 is 287 Å². The fourth-order valence-corrected chi connectivity index (χ4v) is 13.0. The van der Waals surface area contributed by atoms with Crippen LogP contribution in [0.2, 0.25) is 0 Å². The third kappa shape index (κ3) is 32.9. The van der Waals surface area contributed by atoms with Crippen LogP contribution in [-0.2, 0) is 95.8 Å². The number of benzene rings is 3. The Morgan fingerprint density at radius 3 is 1.61 bits per heavy atom. The number of aliphatic carboxylic acids is 5. The van der Waals surface area contributed by atoms with Gasteiger partial charge in [0.1, 0.15) is 90.2 Å². The smallest absolute Gasteiger partial charge is 0.336 e. The van der Waals surface area contributed by atoms with Crippen LogP contribution in [0, 0.1) is 23.7 Å². The van der Waals surface area contributed by atoms with Gasteiger partial charge in [0.15, 0.2) is 10.5 Å². The lowest BCUT2D eigenvalue weighted by Gasteiger charge is -2.30. The Labute approximate surface area is 725 Å². The van der Waals surface area contributed by atoms with Crippen LogP contribution in [0.3, 0.4) is 0 Å². The van der Waals surface area contributed by atoms with Gasteiger partial charge < -0.3 is 130 Å². The van der Waals surface area contributed by atoms with Crippen molar-refractivity contribution < 1.29 is 141 Å². The molecule has 0 unspecified atom stereocenters. The Bertz CT molecular complexity index is 4730. The number of aromatic hydroxyl groups is 1. The molecule has 5 rings (SSSR count). The monoisotopic (exact) mass is 1790 g/mol. The van der Waals surface area contributed by atoms with E-state index in [1.165, 1.54) is 90.9 Å². The van der Waals surface area contributed by atoms with Gasteiger partial charge in [-0.15, -0.1) is 0 Å². The first-order chi connectivity index (χ1) is 59.3. The summed E-state index contributed by atoms with van der Waals surface area (Å²) in [6.45, 7) is 10.5. The Kier molecular flexibility index (Phi) is 40.6. The lowest BCUT2D eigenvalue weighted by Crippen LogP contribution is -2.62. The van der Waals surface area contributed by atoms with Gasteiger partial charge in [-0.05, 0) is 110 Å². The molecule has 0 bridgehead atoms. The van der Waals surface area contributed by atoms with Crippen molar-refractivity contribution in [3.8, 4) is 28.2 Å². The van der Waals surface area contributed by atoms with Gasteiger partial charge in [0.05, 0.1) is 38.2 Å². The zero-order chi connectivity index (χ0) is 94.1. The third-order valence-electron chi connectivity index (χ3n) is 19.7. The minimum Gasteiger partial charge on any atom is -0.508 e. The van der Waals surface area contributed by atoms with Gasteiger partial charge in [0.25, 0.3) is 0 Å². The Balaban J connectivity index is 1.26. The van der Waals surface area contributed by atoms with Crippen LogP contribution in [0.5, 0.6) is 5.75 Å². The largest absolute Gasteiger partial charge is 0.508 e. The number of primary amides is 1. The number of phenols is 1. The number of aromatic carboxylic acids is 1. The molecule has 2 aliphatic heterocycles. The number of anilines is 1. The number of thiocarbonyl (C=S) groups is 1. The van der Waals surface area contributed by atoms with Crippen molar-refractivity contribution in [2.45, 2.75) is 199 Å². The number of fused-ring (bicyclic) bond motifs is 2. The van der Waals surface area contributed by atoms with Crippen LogP contribution < -0.4 is 85.6 Å². The number of nitrogens with one attached hydrogen (secondary N) is 14. The maximum absolute atomic E-state index is 14.7. The van der Waals surface area contributed by atoms with E-state index in [-0.39, 0.29) is 77.2 Å². The van der Waals surface area contributed by atoms with Crippen molar-refractivity contribution in [1.29, 1.82) is 0 Å². The summed E-state index contributed by atoms with van der Waals surface area (Å²) >= 11 is 5.41. The maximum atomic E-state index is 14.7. The molecule has 1 aliphatic carbocycles. The highest BCUT2D eigenvalue weighted by Gasteiger charge is 2.41. The average Bonchev–Trinajstić information content (AvgIpc) is 0.753. The molecule has 12 atom stereocenters. The number of hydrogen-bond acceptors (Lipinski definition) is 25. The lowest BCUT2D eigenvalue weighted by molar-refractivity contribution is -0.142. The van der Waals surface area contributed by atoms with Crippen molar-refractivity contribution >= 4 is 147 Å². The van der Waals surface area contributed by atoms with E-state index in [0.717, 1.165) is 0 Å². The second-order valence-corrected chi connectivity index (χ2v) is 31.0. The molecule has 0 aromatic heterocycles. The summed E-state index contributed by atoms with van der Waals surface area (Å²) in [5, 5.41) is 103. The lowest BCUT2D eigenvalue weighted by atomic mass is 9.90. The zero-order valence-corrected chi connectivity index (χ0v) is 70.9. The normalized spacial score (nSPS) is 17.0. The first-order valence-electron chi connectivity index (χ1n) is 40.0. The summed E-state index contributed by atoms with van der Waals surface area (Å²) in [6, 6.07) is -6.50. The summed E-state index contributed by atoms with van der Waals surface area (Å²) in [6.07, 6.45) is -8.61. The standard InChI is InChI=1S/C80H107N15O30S/c1-9-39(8)67(78(120)91-52-33-56(98)82-25-24-51(90-76(118)65(37(4)5)94-77(119)66(38(6)7)93-74(52)116)72(114)92-64(36(2)3)75(117)86-47(68(81)110)16-20-58(100)101)95-71(113)50(19-23-61(106)107)88-69(111)48(17-21-59(102)103)87-70(112)49(18-22-60(104)105)89-73(115)53(34-62(108)109)85-57(99)35-124-29-28-123-27-26-83-80(126)84-40-10-13-43(46(30-40)79(121)122)63-44-14-11-41(96)31-54(44)125-55-32-42(97)12-15-45(55)63/h10-15,30-32,36-39,47-53,64-67,96H,9,16-29,33-35H2,1-8H3,(H2,81,110)(H,82,98)(H,85,99)(H,86,117)(H,87,112)(H,88,111)(H,89,115)(H,90,118)(H,91,120)(H,92,114)(H,93,116)(H,94,119)(H,95,113)(H,100,101)(H,102,103)(H,104,105)(H,106,107)(H,108,109)(H,121,122)(H2,83,84,126)/t39-,47-,48-,49-,50-,51-,52-,53-,64-,65-,66-,67-/m0/s1. The number of ether oxygens (including phenoxy) is 2. The van der Waals surface area contributed by atoms with E-state index in [1.807, 2.05) is 0 Å². The van der Waals surface area contributed by atoms with Crippen molar-refractivity contribution in [1.82, 2.24) is 69.1 Å². The van der Waals surface area contributed by atoms with Crippen LogP contribution in [0.1, 0.15) is 143 Å². The van der Waals surface area contributed by atoms with E-state index >= 15 is 0 Å². The van der Waals surface area contributed by atoms with Gasteiger partial charge in [-0.25, -0.2) is 4.79 Å². The molecule has 1 saturated heterocycles. The van der Waals surface area contributed by atoms with E-state index in [4.69, 9.17) is 31.8 Å². The molecule has 13 amide bonds. The minimum absolute atomic E-state index is 0.0136. The van der Waals surface area contributed by atoms with Crippen LogP contribution in [0.4, 0.5) is 5.69 Å². The quantitative estimate of drug-likeness (QED) is 0.0129. The Morgan fingerprint density at radius 1 is 0.556 bits per heavy atom. The molecule has 0 saturated carbocycles. The van der Waals surface area contributed by atoms with Crippen LogP contribution in [0.15, 0.2) is 63.8 Å². The predicted octanol–water partition coefficient (Wildman–Crippen LogP) is -2.04. The van der Waals surface area contributed by atoms with Crippen molar-refractivity contribution in [3.05, 3.63) is 70.4 Å². The van der Waals surface area contributed by atoms with Gasteiger partial charge in [-0.2, -0.15) is 0 Å². The fourth-order valence-electron chi connectivity index (χ4n) is 12.8. The van der Waals surface area contributed by atoms with Crippen molar-refractivity contribution in [2.24, 2.45) is 29.4 Å². The second kappa shape index (κ2) is 49.7.